The zero-order valence-corrected chi connectivity index (χ0v) is 16.5. The van der Waals surface area contributed by atoms with Gasteiger partial charge in [-0.1, -0.05) is 12.1 Å². The van der Waals surface area contributed by atoms with Crippen LogP contribution in [0.4, 0.5) is 5.69 Å². The van der Waals surface area contributed by atoms with E-state index in [0.717, 1.165) is 23.7 Å². The normalized spacial score (nSPS) is 18.3. The molecule has 2 aromatic rings. The van der Waals surface area contributed by atoms with Crippen molar-refractivity contribution in [2.24, 2.45) is 0 Å². The van der Waals surface area contributed by atoms with Crippen LogP contribution in [0.3, 0.4) is 0 Å². The maximum absolute atomic E-state index is 12.5. The number of benzene rings is 1. The third kappa shape index (κ3) is 4.15. The maximum Gasteiger partial charge on any atom is 0.242 e. The van der Waals surface area contributed by atoms with E-state index >= 15 is 0 Å². The van der Waals surface area contributed by atoms with Crippen molar-refractivity contribution in [3.63, 3.8) is 0 Å². The maximum atomic E-state index is 12.5. The second kappa shape index (κ2) is 7.87. The van der Waals surface area contributed by atoms with E-state index < -0.39 is 10.0 Å². The van der Waals surface area contributed by atoms with Crippen molar-refractivity contribution in [2.75, 3.05) is 32.5 Å². The minimum Gasteiger partial charge on any atom is -0.325 e. The van der Waals surface area contributed by atoms with Gasteiger partial charge in [-0.05, 0) is 49.0 Å². The van der Waals surface area contributed by atoms with Crippen LogP contribution < -0.4 is 5.32 Å². The van der Waals surface area contributed by atoms with Crippen LogP contribution in [0, 0.1) is 0 Å². The summed E-state index contributed by atoms with van der Waals surface area (Å²) in [6.45, 7) is 1.19. The monoisotopic (exact) mass is 393 g/mol. The van der Waals surface area contributed by atoms with Crippen LogP contribution in [0.25, 0.3) is 0 Å². The number of nitrogens with one attached hydrogen (secondary N) is 1. The van der Waals surface area contributed by atoms with Gasteiger partial charge < -0.3 is 5.32 Å². The number of rotatable bonds is 6. The van der Waals surface area contributed by atoms with Gasteiger partial charge in [-0.3, -0.25) is 9.69 Å². The van der Waals surface area contributed by atoms with Crippen molar-refractivity contribution in [2.45, 2.75) is 23.8 Å². The fourth-order valence-corrected chi connectivity index (χ4v) is 4.99. The Hall–Kier alpha value is -1.74. The molecule has 2 heterocycles. The number of carbonyl (C=O) groups excluding carboxylic acids is 1. The topological polar surface area (TPSA) is 69.7 Å². The van der Waals surface area contributed by atoms with Gasteiger partial charge in [0.25, 0.3) is 0 Å². The molecule has 6 nitrogen and oxygen atoms in total. The Morgan fingerprint density at radius 2 is 2.12 bits per heavy atom. The number of amides is 1. The number of likely N-dealkylation sites (tertiary alicyclic amines) is 1. The Morgan fingerprint density at radius 1 is 1.31 bits per heavy atom. The number of anilines is 1. The van der Waals surface area contributed by atoms with Crippen molar-refractivity contribution in [3.05, 3.63) is 46.7 Å². The number of sulfonamides is 1. The van der Waals surface area contributed by atoms with E-state index in [9.17, 15) is 13.2 Å². The average Bonchev–Trinajstić information content (AvgIpc) is 3.26. The molecule has 1 aliphatic rings. The largest absolute Gasteiger partial charge is 0.325 e. The summed E-state index contributed by atoms with van der Waals surface area (Å²) in [7, 11) is -0.553. The molecule has 1 aliphatic heterocycles. The lowest BCUT2D eigenvalue weighted by molar-refractivity contribution is -0.117. The van der Waals surface area contributed by atoms with Gasteiger partial charge >= 0.3 is 0 Å². The molecule has 26 heavy (non-hydrogen) atoms. The molecule has 0 bridgehead atoms. The van der Waals surface area contributed by atoms with Crippen LogP contribution in [-0.4, -0.2) is 50.7 Å². The van der Waals surface area contributed by atoms with Crippen LogP contribution >= 0.6 is 11.3 Å². The molecule has 0 saturated carbocycles. The highest BCUT2D eigenvalue weighted by molar-refractivity contribution is 7.89. The third-order valence-corrected chi connectivity index (χ3v) is 7.26. The molecule has 3 rings (SSSR count). The van der Waals surface area contributed by atoms with E-state index in [4.69, 9.17) is 0 Å². The van der Waals surface area contributed by atoms with Crippen molar-refractivity contribution in [3.8, 4) is 0 Å². The minimum atomic E-state index is -3.52. The van der Waals surface area contributed by atoms with Gasteiger partial charge in [-0.15, -0.1) is 11.3 Å². The first-order valence-electron chi connectivity index (χ1n) is 8.48. The van der Waals surface area contributed by atoms with Crippen LogP contribution in [0.15, 0.2) is 46.7 Å². The minimum absolute atomic E-state index is 0.132. The molecule has 8 heteroatoms. The third-order valence-electron chi connectivity index (χ3n) is 4.48. The number of hydrogen-bond acceptors (Lipinski definition) is 5. The summed E-state index contributed by atoms with van der Waals surface area (Å²) in [6.07, 6.45) is 2.14. The molecule has 1 amide bonds. The first-order valence-corrected chi connectivity index (χ1v) is 10.8. The number of carbonyl (C=O) groups is 1. The van der Waals surface area contributed by atoms with Crippen LogP contribution in [0.5, 0.6) is 0 Å². The Balaban J connectivity index is 1.67. The molecule has 1 saturated heterocycles. The standard InChI is InChI=1S/C18H23N3O3S2/c1-20(2)26(23,24)15-7-3-6-14(12-15)19-18(22)13-21-10-4-8-16(21)17-9-5-11-25-17/h3,5-7,9,11-12,16H,4,8,10,13H2,1-2H3,(H,19,22)/t16-/m1/s1. The lowest BCUT2D eigenvalue weighted by atomic mass is 10.2. The summed E-state index contributed by atoms with van der Waals surface area (Å²) in [5, 5.41) is 4.88. The summed E-state index contributed by atoms with van der Waals surface area (Å²) in [5.41, 5.74) is 0.491. The lowest BCUT2D eigenvalue weighted by Gasteiger charge is -2.23. The molecule has 0 radical (unpaired) electrons. The summed E-state index contributed by atoms with van der Waals surface area (Å²) >= 11 is 1.72. The van der Waals surface area contributed by atoms with Crippen LogP contribution in [0.1, 0.15) is 23.8 Å². The lowest BCUT2D eigenvalue weighted by Crippen LogP contribution is -2.32. The molecule has 1 fully saturated rings. The first kappa shape index (κ1) is 19.0. The molecule has 1 atom stereocenters. The van der Waals surface area contributed by atoms with Crippen LogP contribution in [0.2, 0.25) is 0 Å². The molecule has 0 spiro atoms. The average molecular weight is 394 g/mol. The predicted molar refractivity (Wildman–Crippen MR) is 104 cm³/mol. The predicted octanol–water partition coefficient (Wildman–Crippen LogP) is 2.77. The second-order valence-electron chi connectivity index (χ2n) is 6.51. The summed E-state index contributed by atoms with van der Waals surface area (Å²) in [6, 6.07) is 10.8. The Kier molecular flexibility index (Phi) is 5.76. The zero-order chi connectivity index (χ0) is 18.7. The van der Waals surface area contributed by atoms with E-state index in [0.29, 0.717) is 18.3 Å². The first-order chi connectivity index (χ1) is 12.4. The molecule has 0 unspecified atom stereocenters. The Bertz CT molecular complexity index is 864. The van der Waals surface area contributed by atoms with Gasteiger partial charge in [-0.25, -0.2) is 12.7 Å². The van der Waals surface area contributed by atoms with Gasteiger partial charge in [0.1, 0.15) is 0 Å². The van der Waals surface area contributed by atoms with E-state index in [1.807, 2.05) is 6.07 Å². The Morgan fingerprint density at radius 3 is 2.81 bits per heavy atom. The van der Waals surface area contributed by atoms with Gasteiger partial charge in [0, 0.05) is 30.7 Å². The van der Waals surface area contributed by atoms with Crippen molar-refractivity contribution >= 4 is 33.0 Å². The number of thiophene rings is 1. The highest BCUT2D eigenvalue weighted by Crippen LogP contribution is 2.34. The quantitative estimate of drug-likeness (QED) is 0.819. The molecular formula is C18H23N3O3S2. The van der Waals surface area contributed by atoms with Crippen molar-refractivity contribution in [1.29, 1.82) is 0 Å². The van der Waals surface area contributed by atoms with E-state index in [-0.39, 0.29) is 10.8 Å². The molecular weight excluding hydrogens is 370 g/mol. The van der Waals surface area contributed by atoms with Crippen LogP contribution in [-0.2, 0) is 14.8 Å². The second-order valence-corrected chi connectivity index (χ2v) is 9.64. The molecule has 140 valence electrons. The van der Waals surface area contributed by atoms with Gasteiger partial charge in [0.2, 0.25) is 15.9 Å². The molecule has 1 N–H and O–H groups in total. The fraction of sp³-hybridized carbons (Fsp3) is 0.389. The molecule has 1 aromatic carbocycles. The SMILES string of the molecule is CN(C)S(=O)(=O)c1cccc(NC(=O)CN2CCC[C@@H]2c2cccs2)c1. The smallest absolute Gasteiger partial charge is 0.242 e. The molecule has 0 aliphatic carbocycles. The number of hydrogen-bond donors (Lipinski definition) is 1. The van der Waals surface area contributed by atoms with E-state index in [1.54, 1.807) is 23.5 Å². The molecule has 1 aromatic heterocycles. The number of nitrogens with zero attached hydrogens (tertiary/aromatic N) is 2. The van der Waals surface area contributed by atoms with Gasteiger partial charge in [0.05, 0.1) is 11.4 Å². The van der Waals surface area contributed by atoms with Crippen molar-refractivity contribution < 1.29 is 13.2 Å². The van der Waals surface area contributed by atoms with Gasteiger partial charge in [-0.2, -0.15) is 0 Å². The van der Waals surface area contributed by atoms with Crippen molar-refractivity contribution in [1.82, 2.24) is 9.21 Å². The fourth-order valence-electron chi connectivity index (χ4n) is 3.15. The van der Waals surface area contributed by atoms with E-state index in [2.05, 4.69) is 21.7 Å². The summed E-state index contributed by atoms with van der Waals surface area (Å²) in [4.78, 5) is 16.1. The summed E-state index contributed by atoms with van der Waals surface area (Å²) < 4.78 is 25.6. The van der Waals surface area contributed by atoms with E-state index in [1.165, 1.54) is 31.1 Å². The summed E-state index contributed by atoms with van der Waals surface area (Å²) in [5.74, 6) is -0.132. The zero-order valence-electron chi connectivity index (χ0n) is 14.9. The van der Waals surface area contributed by atoms with Gasteiger partial charge in [0.15, 0.2) is 0 Å². The Labute approximate surface area is 158 Å². The highest BCUT2D eigenvalue weighted by Gasteiger charge is 2.28. The highest BCUT2D eigenvalue weighted by atomic mass is 32.2.